The highest BCUT2D eigenvalue weighted by molar-refractivity contribution is 5.91. The number of anilines is 1. The van der Waals surface area contributed by atoms with Crippen LogP contribution < -0.4 is 11.1 Å². The number of hydrogen-bond acceptors (Lipinski definition) is 3. The zero-order valence-corrected chi connectivity index (χ0v) is 13.0. The number of rotatable bonds is 4. The number of nitrogens with two attached hydrogens (primary N) is 1. The van der Waals surface area contributed by atoms with Gasteiger partial charge in [0.2, 0.25) is 5.91 Å². The van der Waals surface area contributed by atoms with Crippen molar-refractivity contribution in [2.75, 3.05) is 5.32 Å². The van der Waals surface area contributed by atoms with Crippen LogP contribution in [0.2, 0.25) is 0 Å². The van der Waals surface area contributed by atoms with E-state index in [1.807, 2.05) is 56.5 Å². The number of amides is 1. The number of aryl methyl sites for hydroxylation is 1. The van der Waals surface area contributed by atoms with E-state index >= 15 is 0 Å². The molecule has 21 heavy (non-hydrogen) atoms. The van der Waals surface area contributed by atoms with Crippen LogP contribution in [0.1, 0.15) is 31.7 Å². The van der Waals surface area contributed by atoms with E-state index in [2.05, 4.69) is 10.3 Å². The number of imidazole rings is 1. The fraction of sp³-hybridized carbons (Fsp3) is 0.375. The third kappa shape index (κ3) is 3.92. The van der Waals surface area contributed by atoms with Gasteiger partial charge in [0, 0.05) is 29.0 Å². The van der Waals surface area contributed by atoms with Gasteiger partial charge in [0.1, 0.15) is 0 Å². The second-order valence-corrected chi connectivity index (χ2v) is 6.05. The van der Waals surface area contributed by atoms with Crippen LogP contribution in [0.15, 0.2) is 30.6 Å². The molecule has 0 radical (unpaired) electrons. The minimum atomic E-state index is -0.504. The van der Waals surface area contributed by atoms with Crippen molar-refractivity contribution in [2.24, 2.45) is 5.73 Å². The lowest BCUT2D eigenvalue weighted by atomic mass is 10.0. The van der Waals surface area contributed by atoms with Crippen LogP contribution in [0, 0.1) is 13.8 Å². The van der Waals surface area contributed by atoms with Crippen molar-refractivity contribution in [1.29, 1.82) is 0 Å². The maximum absolute atomic E-state index is 11.8. The van der Waals surface area contributed by atoms with E-state index in [1.165, 1.54) is 0 Å². The van der Waals surface area contributed by atoms with E-state index in [0.717, 1.165) is 22.8 Å². The average Bonchev–Trinajstić information content (AvgIpc) is 2.69. The summed E-state index contributed by atoms with van der Waals surface area (Å²) in [6, 6.07) is 7.67. The highest BCUT2D eigenvalue weighted by Crippen LogP contribution is 2.17. The Balaban J connectivity index is 2.09. The van der Waals surface area contributed by atoms with E-state index < -0.39 is 5.54 Å². The van der Waals surface area contributed by atoms with Crippen LogP contribution >= 0.6 is 0 Å². The van der Waals surface area contributed by atoms with Crippen molar-refractivity contribution in [2.45, 2.75) is 39.7 Å². The summed E-state index contributed by atoms with van der Waals surface area (Å²) in [5.74, 6) is -0.0788. The molecule has 0 fully saturated rings. The number of aromatic nitrogens is 2. The summed E-state index contributed by atoms with van der Waals surface area (Å²) < 4.78 is 2.02. The Bertz CT molecular complexity index is 635. The molecular weight excluding hydrogens is 264 g/mol. The monoisotopic (exact) mass is 286 g/mol. The first-order valence-corrected chi connectivity index (χ1v) is 6.96. The van der Waals surface area contributed by atoms with Crippen molar-refractivity contribution in [3.63, 3.8) is 0 Å². The molecule has 0 saturated heterocycles. The number of carbonyl (C=O) groups excluding carboxylic acids is 1. The first-order valence-electron chi connectivity index (χ1n) is 6.96. The van der Waals surface area contributed by atoms with E-state index in [9.17, 15) is 4.79 Å². The smallest absolute Gasteiger partial charge is 0.226 e. The van der Waals surface area contributed by atoms with Crippen LogP contribution in [0.3, 0.4) is 0 Å². The summed E-state index contributed by atoms with van der Waals surface area (Å²) in [5.41, 5.74) is 9.24. The Morgan fingerprint density at radius 3 is 2.38 bits per heavy atom. The fourth-order valence-corrected chi connectivity index (χ4v) is 2.08. The Labute approximate surface area is 125 Å². The molecule has 1 aromatic heterocycles. The molecule has 1 amide bonds. The number of nitrogens with one attached hydrogen (secondary N) is 1. The number of nitrogens with zero attached hydrogens (tertiary/aromatic N) is 2. The standard InChI is InChI=1S/C16H22N4O/c1-11-12(2)20(10-18-11)14-7-5-13(6-8-14)19-15(21)9-16(3,4)17/h5-8,10H,9,17H2,1-4H3,(H,19,21). The molecule has 0 unspecified atom stereocenters. The number of hydrogen-bond donors (Lipinski definition) is 2. The molecule has 0 spiro atoms. The van der Waals surface area contributed by atoms with Gasteiger partial charge >= 0.3 is 0 Å². The molecule has 3 N–H and O–H groups in total. The molecule has 0 saturated carbocycles. The molecule has 1 aromatic carbocycles. The zero-order chi connectivity index (χ0) is 15.6. The second-order valence-electron chi connectivity index (χ2n) is 6.05. The highest BCUT2D eigenvalue weighted by Gasteiger charge is 2.16. The summed E-state index contributed by atoms with van der Waals surface area (Å²) in [4.78, 5) is 16.1. The van der Waals surface area contributed by atoms with Gasteiger partial charge in [0.15, 0.2) is 0 Å². The molecule has 1 heterocycles. The van der Waals surface area contributed by atoms with Gasteiger partial charge in [0.05, 0.1) is 12.0 Å². The zero-order valence-electron chi connectivity index (χ0n) is 13.0. The second kappa shape index (κ2) is 5.69. The maximum Gasteiger partial charge on any atom is 0.226 e. The maximum atomic E-state index is 11.8. The van der Waals surface area contributed by atoms with Gasteiger partial charge in [-0.15, -0.1) is 0 Å². The molecule has 0 bridgehead atoms. The first-order chi connectivity index (χ1) is 9.76. The lowest BCUT2D eigenvalue weighted by molar-refractivity contribution is -0.117. The Morgan fingerprint density at radius 1 is 1.29 bits per heavy atom. The van der Waals surface area contributed by atoms with Crippen molar-refractivity contribution in [1.82, 2.24) is 9.55 Å². The minimum absolute atomic E-state index is 0.0788. The fourth-order valence-electron chi connectivity index (χ4n) is 2.08. The van der Waals surface area contributed by atoms with Gasteiger partial charge in [-0.1, -0.05) is 0 Å². The van der Waals surface area contributed by atoms with Crippen LogP contribution in [-0.4, -0.2) is 21.0 Å². The molecule has 5 nitrogen and oxygen atoms in total. The molecule has 0 atom stereocenters. The minimum Gasteiger partial charge on any atom is -0.326 e. The lowest BCUT2D eigenvalue weighted by Gasteiger charge is -2.17. The van der Waals surface area contributed by atoms with E-state index in [1.54, 1.807) is 6.33 Å². The lowest BCUT2D eigenvalue weighted by Crippen LogP contribution is -2.36. The molecule has 5 heteroatoms. The molecule has 2 aromatic rings. The van der Waals surface area contributed by atoms with Crippen LogP contribution in [0.4, 0.5) is 5.69 Å². The summed E-state index contributed by atoms with van der Waals surface area (Å²) in [7, 11) is 0. The van der Waals surface area contributed by atoms with E-state index in [0.29, 0.717) is 0 Å². The predicted molar refractivity (Wildman–Crippen MR) is 84.6 cm³/mol. The van der Waals surface area contributed by atoms with Crippen molar-refractivity contribution >= 4 is 11.6 Å². The number of carbonyl (C=O) groups is 1. The van der Waals surface area contributed by atoms with Crippen molar-refractivity contribution in [3.8, 4) is 5.69 Å². The predicted octanol–water partition coefficient (Wildman–Crippen LogP) is 2.56. The van der Waals surface area contributed by atoms with E-state index in [-0.39, 0.29) is 12.3 Å². The van der Waals surface area contributed by atoms with Gasteiger partial charge in [0.25, 0.3) is 0 Å². The first kappa shape index (κ1) is 15.3. The third-order valence-electron chi connectivity index (χ3n) is 3.30. The molecule has 2 rings (SSSR count). The molecule has 0 aliphatic carbocycles. The average molecular weight is 286 g/mol. The van der Waals surface area contributed by atoms with Crippen LogP contribution in [0.5, 0.6) is 0 Å². The quantitative estimate of drug-likeness (QED) is 0.907. The van der Waals surface area contributed by atoms with Gasteiger partial charge in [-0.2, -0.15) is 0 Å². The summed E-state index contributed by atoms with van der Waals surface area (Å²) >= 11 is 0. The topological polar surface area (TPSA) is 72.9 Å². The Morgan fingerprint density at radius 2 is 1.90 bits per heavy atom. The largest absolute Gasteiger partial charge is 0.326 e. The Kier molecular flexibility index (Phi) is 4.14. The van der Waals surface area contributed by atoms with Crippen LogP contribution in [0.25, 0.3) is 5.69 Å². The summed E-state index contributed by atoms with van der Waals surface area (Å²) in [5, 5.41) is 2.85. The van der Waals surface area contributed by atoms with Crippen molar-refractivity contribution < 1.29 is 4.79 Å². The van der Waals surface area contributed by atoms with Gasteiger partial charge in [-0.25, -0.2) is 4.98 Å². The SMILES string of the molecule is Cc1ncn(-c2ccc(NC(=O)CC(C)(C)N)cc2)c1C. The van der Waals surface area contributed by atoms with Crippen molar-refractivity contribution in [3.05, 3.63) is 42.0 Å². The van der Waals surface area contributed by atoms with Gasteiger partial charge in [-0.05, 0) is 52.0 Å². The summed E-state index contributed by atoms with van der Waals surface area (Å²) in [6.45, 7) is 7.68. The molecule has 0 aliphatic rings. The summed E-state index contributed by atoms with van der Waals surface area (Å²) in [6.07, 6.45) is 2.09. The normalized spacial score (nSPS) is 11.5. The third-order valence-corrected chi connectivity index (χ3v) is 3.30. The van der Waals surface area contributed by atoms with Crippen LogP contribution in [-0.2, 0) is 4.79 Å². The molecule has 0 aliphatic heterocycles. The highest BCUT2D eigenvalue weighted by atomic mass is 16.1. The van der Waals surface area contributed by atoms with Gasteiger partial charge in [-0.3, -0.25) is 4.79 Å². The Hall–Kier alpha value is -2.14. The van der Waals surface area contributed by atoms with Gasteiger partial charge < -0.3 is 15.6 Å². The molecular formula is C16H22N4O. The number of benzene rings is 1. The molecule has 112 valence electrons. The van der Waals surface area contributed by atoms with E-state index in [4.69, 9.17) is 5.73 Å².